The molecule has 0 aliphatic carbocycles. The van der Waals surface area contributed by atoms with Crippen LogP contribution in [0.15, 0.2) is 22.9 Å². The molecule has 0 aromatic carbocycles. The Morgan fingerprint density at radius 1 is 1.32 bits per heavy atom. The fourth-order valence-electron chi connectivity index (χ4n) is 2.67. The highest BCUT2D eigenvalue weighted by molar-refractivity contribution is 9.10. The van der Waals surface area contributed by atoms with Gasteiger partial charge in [-0.05, 0) is 52.4 Å². The van der Waals surface area contributed by atoms with Crippen molar-refractivity contribution < 1.29 is 0 Å². The zero-order valence-corrected chi connectivity index (χ0v) is 13.5. The number of nitrogens with one attached hydrogen (secondary N) is 1. The average Bonchev–Trinajstić information content (AvgIpc) is 2.40. The first-order chi connectivity index (χ1) is 9.16. The van der Waals surface area contributed by atoms with Crippen molar-refractivity contribution in [2.45, 2.75) is 32.7 Å². The molecule has 0 unspecified atom stereocenters. The lowest BCUT2D eigenvalue weighted by Crippen LogP contribution is -2.45. The topological polar surface area (TPSA) is 28.2 Å². The normalized spacial score (nSPS) is 18.7. The molecule has 19 heavy (non-hydrogen) atoms. The van der Waals surface area contributed by atoms with E-state index in [1.807, 2.05) is 6.20 Å². The van der Waals surface area contributed by atoms with Crippen LogP contribution in [0.2, 0.25) is 0 Å². The van der Waals surface area contributed by atoms with Crippen molar-refractivity contribution in [1.29, 1.82) is 0 Å². The molecule has 0 radical (unpaired) electrons. The maximum Gasteiger partial charge on any atom is 0.106 e. The predicted molar refractivity (Wildman–Crippen MR) is 83.2 cm³/mol. The van der Waals surface area contributed by atoms with Crippen LogP contribution in [0.5, 0.6) is 0 Å². The van der Waals surface area contributed by atoms with Crippen LogP contribution in [0.25, 0.3) is 0 Å². The lowest BCUT2D eigenvalue weighted by molar-refractivity contribution is 0.159. The number of pyridine rings is 1. The minimum absolute atomic E-state index is 0.531. The minimum Gasteiger partial charge on any atom is -0.314 e. The Hall–Kier alpha value is -0.450. The standard InChI is InChI=1S/C15H24BrN3/c1-12(2)3-4-14(19-9-7-17-8-10-19)13-5-6-18-15(16)11-13/h5-6,11-12,14,17H,3-4,7-10H2,1-2H3/t14-/m1/s1. The molecule has 0 spiro atoms. The average molecular weight is 326 g/mol. The second-order valence-corrected chi connectivity index (χ2v) is 6.50. The summed E-state index contributed by atoms with van der Waals surface area (Å²) < 4.78 is 0.940. The van der Waals surface area contributed by atoms with Crippen LogP contribution < -0.4 is 5.32 Å². The maximum absolute atomic E-state index is 4.25. The number of nitrogens with zero attached hydrogens (tertiary/aromatic N) is 2. The minimum atomic E-state index is 0.531. The molecule has 0 saturated carbocycles. The summed E-state index contributed by atoms with van der Waals surface area (Å²) in [6, 6.07) is 4.87. The van der Waals surface area contributed by atoms with Gasteiger partial charge in [0.2, 0.25) is 0 Å². The zero-order chi connectivity index (χ0) is 13.7. The van der Waals surface area contributed by atoms with Gasteiger partial charge in [-0.3, -0.25) is 4.90 Å². The summed E-state index contributed by atoms with van der Waals surface area (Å²) in [5, 5.41) is 3.43. The molecule has 1 saturated heterocycles. The lowest BCUT2D eigenvalue weighted by Gasteiger charge is -2.35. The summed E-state index contributed by atoms with van der Waals surface area (Å²) >= 11 is 3.49. The Morgan fingerprint density at radius 2 is 2.05 bits per heavy atom. The Morgan fingerprint density at radius 3 is 2.68 bits per heavy atom. The molecular formula is C15H24BrN3. The smallest absolute Gasteiger partial charge is 0.106 e. The Balaban J connectivity index is 2.12. The Bertz CT molecular complexity index is 389. The number of halogens is 1. The van der Waals surface area contributed by atoms with E-state index in [1.54, 1.807) is 0 Å². The van der Waals surface area contributed by atoms with E-state index in [2.05, 4.69) is 57.1 Å². The highest BCUT2D eigenvalue weighted by Crippen LogP contribution is 2.28. The van der Waals surface area contributed by atoms with Crippen LogP contribution in [0.3, 0.4) is 0 Å². The fourth-order valence-corrected chi connectivity index (χ4v) is 3.05. The molecule has 0 amide bonds. The zero-order valence-electron chi connectivity index (χ0n) is 11.9. The summed E-state index contributed by atoms with van der Waals surface area (Å²) in [6.45, 7) is 9.09. The third kappa shape index (κ3) is 4.55. The molecule has 1 atom stereocenters. The molecule has 1 aromatic rings. The van der Waals surface area contributed by atoms with Crippen molar-refractivity contribution in [2.24, 2.45) is 5.92 Å². The summed E-state index contributed by atoms with van der Waals surface area (Å²) in [7, 11) is 0. The largest absolute Gasteiger partial charge is 0.314 e. The van der Waals surface area contributed by atoms with Crippen LogP contribution in [-0.4, -0.2) is 36.1 Å². The predicted octanol–water partition coefficient (Wildman–Crippen LogP) is 3.23. The van der Waals surface area contributed by atoms with Gasteiger partial charge in [-0.1, -0.05) is 13.8 Å². The van der Waals surface area contributed by atoms with Crippen LogP contribution in [-0.2, 0) is 0 Å². The number of hydrogen-bond donors (Lipinski definition) is 1. The SMILES string of the molecule is CC(C)CC[C@H](c1ccnc(Br)c1)N1CCNCC1. The van der Waals surface area contributed by atoms with Crippen LogP contribution in [0.4, 0.5) is 0 Å². The molecule has 1 N–H and O–H groups in total. The first-order valence-electron chi connectivity index (χ1n) is 7.23. The quantitative estimate of drug-likeness (QED) is 0.842. The van der Waals surface area contributed by atoms with Crippen LogP contribution in [0, 0.1) is 5.92 Å². The molecular weight excluding hydrogens is 302 g/mol. The van der Waals surface area contributed by atoms with Gasteiger partial charge in [-0.2, -0.15) is 0 Å². The summed E-state index contributed by atoms with van der Waals surface area (Å²) in [4.78, 5) is 6.86. The van der Waals surface area contributed by atoms with Crippen molar-refractivity contribution in [1.82, 2.24) is 15.2 Å². The van der Waals surface area contributed by atoms with Crippen molar-refractivity contribution in [3.05, 3.63) is 28.5 Å². The van der Waals surface area contributed by atoms with E-state index in [1.165, 1.54) is 18.4 Å². The number of hydrogen-bond acceptors (Lipinski definition) is 3. The van der Waals surface area contributed by atoms with Gasteiger partial charge in [0.25, 0.3) is 0 Å². The lowest BCUT2D eigenvalue weighted by atomic mass is 9.96. The maximum atomic E-state index is 4.25. The van der Waals surface area contributed by atoms with E-state index in [0.29, 0.717) is 6.04 Å². The number of rotatable bonds is 5. The van der Waals surface area contributed by atoms with Gasteiger partial charge >= 0.3 is 0 Å². The molecule has 4 heteroatoms. The van der Waals surface area contributed by atoms with Gasteiger partial charge in [0.15, 0.2) is 0 Å². The number of aromatic nitrogens is 1. The fraction of sp³-hybridized carbons (Fsp3) is 0.667. The van der Waals surface area contributed by atoms with E-state index in [0.717, 1.165) is 36.7 Å². The second kappa shape index (κ2) is 7.36. The van der Waals surface area contributed by atoms with E-state index < -0.39 is 0 Å². The van der Waals surface area contributed by atoms with Gasteiger partial charge in [-0.15, -0.1) is 0 Å². The summed E-state index contributed by atoms with van der Waals surface area (Å²) in [6.07, 6.45) is 4.41. The highest BCUT2D eigenvalue weighted by Gasteiger charge is 2.22. The molecule has 1 aromatic heterocycles. The van der Waals surface area contributed by atoms with Crippen molar-refractivity contribution in [2.75, 3.05) is 26.2 Å². The van der Waals surface area contributed by atoms with Crippen molar-refractivity contribution >= 4 is 15.9 Å². The monoisotopic (exact) mass is 325 g/mol. The first-order valence-corrected chi connectivity index (χ1v) is 8.02. The van der Waals surface area contributed by atoms with E-state index in [9.17, 15) is 0 Å². The Labute approximate surface area is 124 Å². The molecule has 106 valence electrons. The van der Waals surface area contributed by atoms with Gasteiger partial charge < -0.3 is 5.32 Å². The third-order valence-electron chi connectivity index (χ3n) is 3.75. The molecule has 3 nitrogen and oxygen atoms in total. The highest BCUT2D eigenvalue weighted by atomic mass is 79.9. The molecule has 0 bridgehead atoms. The number of piperazine rings is 1. The Kier molecular flexibility index (Phi) is 5.79. The van der Waals surface area contributed by atoms with Gasteiger partial charge in [-0.25, -0.2) is 4.98 Å². The van der Waals surface area contributed by atoms with E-state index in [4.69, 9.17) is 0 Å². The van der Waals surface area contributed by atoms with Gasteiger partial charge in [0.05, 0.1) is 0 Å². The summed E-state index contributed by atoms with van der Waals surface area (Å²) in [5.74, 6) is 0.760. The third-order valence-corrected chi connectivity index (χ3v) is 4.18. The van der Waals surface area contributed by atoms with Crippen molar-refractivity contribution in [3.8, 4) is 0 Å². The molecule has 2 heterocycles. The molecule has 1 fully saturated rings. The first kappa shape index (κ1) is 14.9. The van der Waals surface area contributed by atoms with Crippen LogP contribution >= 0.6 is 15.9 Å². The summed E-state index contributed by atoms with van der Waals surface area (Å²) in [5.41, 5.74) is 1.39. The van der Waals surface area contributed by atoms with E-state index >= 15 is 0 Å². The molecule has 1 aliphatic heterocycles. The molecule has 2 rings (SSSR count). The molecule has 1 aliphatic rings. The second-order valence-electron chi connectivity index (χ2n) is 5.68. The van der Waals surface area contributed by atoms with Crippen molar-refractivity contribution in [3.63, 3.8) is 0 Å². The van der Waals surface area contributed by atoms with Gasteiger partial charge in [0, 0.05) is 38.4 Å². The van der Waals surface area contributed by atoms with E-state index in [-0.39, 0.29) is 0 Å². The van der Waals surface area contributed by atoms with Gasteiger partial charge in [0.1, 0.15) is 4.60 Å². The van der Waals surface area contributed by atoms with Crippen LogP contribution in [0.1, 0.15) is 38.3 Å².